The van der Waals surface area contributed by atoms with Gasteiger partial charge >= 0.3 is 0 Å². The quantitative estimate of drug-likeness (QED) is 0.721. The Bertz CT molecular complexity index is 962. The molecular weight excluding hydrogens is 327 g/mol. The fourth-order valence-electron chi connectivity index (χ4n) is 3.04. The van der Waals surface area contributed by atoms with Crippen molar-refractivity contribution in [2.75, 3.05) is 0 Å². The molecule has 2 unspecified atom stereocenters. The predicted molar refractivity (Wildman–Crippen MR) is 91.3 cm³/mol. The third-order valence-corrected chi connectivity index (χ3v) is 5.42. The predicted octanol–water partition coefficient (Wildman–Crippen LogP) is 3.91. The van der Waals surface area contributed by atoms with Gasteiger partial charge in [0.1, 0.15) is 18.2 Å². The molecule has 0 N–H and O–H groups in total. The van der Waals surface area contributed by atoms with E-state index in [9.17, 15) is 9.18 Å². The van der Waals surface area contributed by atoms with Gasteiger partial charge in [0.2, 0.25) is 0 Å². The Balaban J connectivity index is 1.63. The summed E-state index contributed by atoms with van der Waals surface area (Å²) in [5.74, 6) is 1.35. The van der Waals surface area contributed by atoms with E-state index in [0.717, 1.165) is 17.0 Å². The zero-order valence-corrected chi connectivity index (χ0v) is 14.3. The van der Waals surface area contributed by atoms with Gasteiger partial charge in [0.15, 0.2) is 4.96 Å². The highest BCUT2D eigenvalue weighted by Crippen LogP contribution is 2.48. The molecular formula is C18H17FN2O2S. The van der Waals surface area contributed by atoms with E-state index < -0.39 is 0 Å². The largest absolute Gasteiger partial charge is 0.487 e. The molecule has 0 saturated heterocycles. The van der Waals surface area contributed by atoms with E-state index in [1.807, 2.05) is 6.92 Å². The number of fused-ring (bicyclic) bond motifs is 1. The fourth-order valence-corrected chi connectivity index (χ4v) is 4.10. The first-order chi connectivity index (χ1) is 11.5. The topological polar surface area (TPSA) is 43.6 Å². The van der Waals surface area contributed by atoms with Crippen molar-refractivity contribution in [1.29, 1.82) is 0 Å². The van der Waals surface area contributed by atoms with Gasteiger partial charge in [-0.05, 0) is 43.5 Å². The molecule has 6 heteroatoms. The van der Waals surface area contributed by atoms with Crippen molar-refractivity contribution < 1.29 is 9.13 Å². The van der Waals surface area contributed by atoms with E-state index in [1.165, 1.54) is 18.2 Å². The standard InChI is InChI=1S/C18H17FN2O2S/c1-10-7-15(10)17-11(2)24-18-20-13(8-16(22)21(17)18)9-23-14-5-3-12(19)4-6-14/h3-6,8,10,15H,7,9H2,1-2H3. The van der Waals surface area contributed by atoms with Crippen LogP contribution in [0.15, 0.2) is 35.1 Å². The summed E-state index contributed by atoms with van der Waals surface area (Å²) in [5, 5.41) is 0. The zero-order valence-electron chi connectivity index (χ0n) is 13.5. The van der Waals surface area contributed by atoms with Crippen LogP contribution in [0.3, 0.4) is 0 Å². The lowest BCUT2D eigenvalue weighted by Gasteiger charge is -2.06. The third kappa shape index (κ3) is 2.71. The minimum absolute atomic E-state index is 0.0591. The van der Waals surface area contributed by atoms with Crippen LogP contribution in [-0.4, -0.2) is 9.38 Å². The van der Waals surface area contributed by atoms with Gasteiger partial charge in [-0.2, -0.15) is 0 Å². The highest BCUT2D eigenvalue weighted by atomic mass is 32.1. The van der Waals surface area contributed by atoms with Crippen LogP contribution >= 0.6 is 11.3 Å². The molecule has 0 aliphatic heterocycles. The number of hydrogen-bond acceptors (Lipinski definition) is 4. The van der Waals surface area contributed by atoms with Crippen molar-refractivity contribution in [1.82, 2.24) is 9.38 Å². The van der Waals surface area contributed by atoms with Gasteiger partial charge in [0.05, 0.1) is 5.69 Å². The van der Waals surface area contributed by atoms with Gasteiger partial charge < -0.3 is 4.74 Å². The smallest absolute Gasteiger partial charge is 0.259 e. The first kappa shape index (κ1) is 15.3. The summed E-state index contributed by atoms with van der Waals surface area (Å²) in [4.78, 5) is 19.0. The second-order valence-electron chi connectivity index (χ2n) is 6.31. The highest BCUT2D eigenvalue weighted by Gasteiger charge is 2.38. The molecule has 0 bridgehead atoms. The van der Waals surface area contributed by atoms with Crippen LogP contribution in [-0.2, 0) is 6.61 Å². The number of aromatic nitrogens is 2. The van der Waals surface area contributed by atoms with Crippen LogP contribution in [0.1, 0.15) is 35.5 Å². The summed E-state index contributed by atoms with van der Waals surface area (Å²) in [6, 6.07) is 7.32. The van der Waals surface area contributed by atoms with E-state index in [-0.39, 0.29) is 18.0 Å². The maximum Gasteiger partial charge on any atom is 0.259 e. The molecule has 0 radical (unpaired) electrons. The summed E-state index contributed by atoms with van der Waals surface area (Å²) in [6.07, 6.45) is 1.13. The average Bonchev–Trinajstić information content (AvgIpc) is 3.15. The maximum atomic E-state index is 12.9. The molecule has 1 fully saturated rings. The molecule has 1 saturated carbocycles. The minimum Gasteiger partial charge on any atom is -0.487 e. The van der Waals surface area contributed by atoms with Crippen LogP contribution in [0, 0.1) is 18.7 Å². The number of halogens is 1. The summed E-state index contributed by atoms with van der Waals surface area (Å²) in [5.41, 5.74) is 1.64. The number of nitrogens with zero attached hydrogens (tertiary/aromatic N) is 2. The molecule has 2 atom stereocenters. The molecule has 1 aliphatic rings. The molecule has 0 amide bonds. The van der Waals surface area contributed by atoms with Crippen molar-refractivity contribution >= 4 is 16.3 Å². The molecule has 1 aliphatic carbocycles. The number of hydrogen-bond donors (Lipinski definition) is 0. The molecule has 124 valence electrons. The van der Waals surface area contributed by atoms with E-state index in [1.54, 1.807) is 27.9 Å². The number of benzene rings is 1. The highest BCUT2D eigenvalue weighted by molar-refractivity contribution is 7.17. The number of rotatable bonds is 4. The molecule has 1 aromatic carbocycles. The van der Waals surface area contributed by atoms with Crippen molar-refractivity contribution in [2.24, 2.45) is 5.92 Å². The third-order valence-electron chi connectivity index (χ3n) is 4.45. The normalized spacial score (nSPS) is 19.6. The second-order valence-corrected chi connectivity index (χ2v) is 7.49. The molecule has 4 rings (SSSR count). The van der Waals surface area contributed by atoms with Gasteiger partial charge in [-0.15, -0.1) is 11.3 Å². The van der Waals surface area contributed by atoms with Gasteiger partial charge in [-0.25, -0.2) is 9.37 Å². The molecule has 2 heterocycles. The fraction of sp³-hybridized carbons (Fsp3) is 0.333. The Hall–Kier alpha value is -2.21. The van der Waals surface area contributed by atoms with Gasteiger partial charge in [0, 0.05) is 22.6 Å². The maximum absolute atomic E-state index is 12.9. The average molecular weight is 344 g/mol. The lowest BCUT2D eigenvalue weighted by molar-refractivity contribution is 0.301. The minimum atomic E-state index is -0.309. The number of thiazole rings is 1. The first-order valence-corrected chi connectivity index (χ1v) is 8.75. The Labute approximate surface area is 142 Å². The van der Waals surface area contributed by atoms with Crippen molar-refractivity contribution in [3.05, 3.63) is 62.8 Å². The summed E-state index contributed by atoms with van der Waals surface area (Å²) >= 11 is 1.55. The monoisotopic (exact) mass is 344 g/mol. The van der Waals surface area contributed by atoms with Crippen molar-refractivity contribution in [3.8, 4) is 5.75 Å². The Morgan fingerprint density at radius 2 is 2.08 bits per heavy atom. The van der Waals surface area contributed by atoms with Crippen LogP contribution in [0.2, 0.25) is 0 Å². The van der Waals surface area contributed by atoms with Crippen molar-refractivity contribution in [3.63, 3.8) is 0 Å². The van der Waals surface area contributed by atoms with Gasteiger partial charge in [-0.1, -0.05) is 6.92 Å². The number of aryl methyl sites for hydroxylation is 1. The van der Waals surface area contributed by atoms with Crippen LogP contribution in [0.5, 0.6) is 5.75 Å². The second kappa shape index (κ2) is 5.70. The van der Waals surface area contributed by atoms with Gasteiger partial charge in [0.25, 0.3) is 5.56 Å². The Morgan fingerprint density at radius 1 is 1.38 bits per heavy atom. The summed E-state index contributed by atoms with van der Waals surface area (Å²) < 4.78 is 20.2. The van der Waals surface area contributed by atoms with Gasteiger partial charge in [-0.3, -0.25) is 9.20 Å². The zero-order chi connectivity index (χ0) is 16.8. The Kier molecular flexibility index (Phi) is 3.64. The van der Waals surface area contributed by atoms with E-state index in [4.69, 9.17) is 4.74 Å². The van der Waals surface area contributed by atoms with E-state index >= 15 is 0 Å². The molecule has 24 heavy (non-hydrogen) atoms. The van der Waals surface area contributed by atoms with Crippen LogP contribution in [0.25, 0.3) is 4.96 Å². The number of ether oxygens (including phenoxy) is 1. The summed E-state index contributed by atoms with van der Waals surface area (Å²) in [6.45, 7) is 4.44. The first-order valence-electron chi connectivity index (χ1n) is 7.93. The molecule has 3 aromatic rings. The lowest BCUT2D eigenvalue weighted by Crippen LogP contribution is -2.17. The van der Waals surface area contributed by atoms with Crippen LogP contribution in [0.4, 0.5) is 4.39 Å². The molecule has 0 spiro atoms. The SMILES string of the molecule is Cc1sc2nc(COc3ccc(F)cc3)cc(=O)n2c1C1CC1C. The molecule has 2 aromatic heterocycles. The van der Waals surface area contributed by atoms with E-state index in [0.29, 0.717) is 28.2 Å². The lowest BCUT2D eigenvalue weighted by atomic mass is 10.2. The van der Waals surface area contributed by atoms with E-state index in [2.05, 4.69) is 11.9 Å². The molecule has 4 nitrogen and oxygen atoms in total. The summed E-state index contributed by atoms with van der Waals surface area (Å²) in [7, 11) is 0. The van der Waals surface area contributed by atoms with Crippen molar-refractivity contribution in [2.45, 2.75) is 32.8 Å². The van der Waals surface area contributed by atoms with Crippen LogP contribution < -0.4 is 10.3 Å². The Morgan fingerprint density at radius 3 is 2.75 bits per heavy atom.